The number of ether oxygens (including phenoxy) is 1. The molecule has 7 heteroatoms. The molecule has 0 bridgehead atoms. The number of rotatable bonds is 9. The second kappa shape index (κ2) is 10.6. The fourth-order valence-corrected chi connectivity index (χ4v) is 3.14. The van der Waals surface area contributed by atoms with E-state index in [0.717, 1.165) is 22.7 Å². The standard InChI is InChI=1S/C20H30BrN3O3/c1-6-7-16(22)18(8-9-19(26)27-20(2,3)4)24(5)12-14-10-15(21)11-23-17(14)13-25/h7,10-11,13,18H,6,8-9,12,22H2,1-5H3/b16-7+. The first kappa shape index (κ1) is 23.3. The van der Waals surface area contributed by atoms with Crippen molar-refractivity contribution in [2.24, 2.45) is 5.73 Å². The summed E-state index contributed by atoms with van der Waals surface area (Å²) in [7, 11) is 1.92. The molecule has 2 N–H and O–H groups in total. The SMILES string of the molecule is CC/C=C(/N)C(CCC(=O)OC(C)(C)C)N(C)Cc1cc(Br)cnc1C=O. The van der Waals surface area contributed by atoms with Crippen LogP contribution < -0.4 is 5.73 Å². The Hall–Kier alpha value is -1.73. The summed E-state index contributed by atoms with van der Waals surface area (Å²) in [5.74, 6) is -0.247. The summed E-state index contributed by atoms with van der Waals surface area (Å²) < 4.78 is 6.20. The highest BCUT2D eigenvalue weighted by Crippen LogP contribution is 2.20. The van der Waals surface area contributed by atoms with Crippen molar-refractivity contribution in [3.8, 4) is 0 Å². The molecule has 0 aliphatic carbocycles. The third-order valence-electron chi connectivity index (χ3n) is 3.90. The van der Waals surface area contributed by atoms with Crippen molar-refractivity contribution >= 4 is 28.2 Å². The zero-order chi connectivity index (χ0) is 20.6. The van der Waals surface area contributed by atoms with Crippen molar-refractivity contribution in [1.82, 2.24) is 9.88 Å². The average molecular weight is 440 g/mol. The number of aldehydes is 1. The molecule has 0 spiro atoms. The minimum atomic E-state index is -0.510. The van der Waals surface area contributed by atoms with Gasteiger partial charge in [0.05, 0.1) is 0 Å². The zero-order valence-corrected chi connectivity index (χ0v) is 18.4. The molecule has 1 unspecified atom stereocenters. The summed E-state index contributed by atoms with van der Waals surface area (Å²) in [5, 5.41) is 0. The smallest absolute Gasteiger partial charge is 0.306 e. The predicted molar refractivity (Wildman–Crippen MR) is 110 cm³/mol. The van der Waals surface area contributed by atoms with Crippen molar-refractivity contribution in [1.29, 1.82) is 0 Å². The number of halogens is 1. The van der Waals surface area contributed by atoms with Gasteiger partial charge in [-0.15, -0.1) is 0 Å². The zero-order valence-electron chi connectivity index (χ0n) is 16.8. The van der Waals surface area contributed by atoms with Gasteiger partial charge in [-0.2, -0.15) is 0 Å². The molecule has 27 heavy (non-hydrogen) atoms. The molecule has 0 aliphatic rings. The first-order valence-corrected chi connectivity index (χ1v) is 9.83. The first-order chi connectivity index (χ1) is 12.6. The number of pyridine rings is 1. The van der Waals surface area contributed by atoms with E-state index in [0.29, 0.717) is 24.4 Å². The number of allylic oxidation sites excluding steroid dienone is 1. The Morgan fingerprint density at radius 2 is 2.11 bits per heavy atom. The van der Waals surface area contributed by atoms with E-state index in [4.69, 9.17) is 10.5 Å². The lowest BCUT2D eigenvalue weighted by atomic mass is 10.0. The van der Waals surface area contributed by atoms with Crippen LogP contribution in [0.3, 0.4) is 0 Å². The van der Waals surface area contributed by atoms with Crippen molar-refractivity contribution in [2.75, 3.05) is 7.05 Å². The van der Waals surface area contributed by atoms with E-state index in [1.807, 2.05) is 51.8 Å². The monoisotopic (exact) mass is 439 g/mol. The lowest BCUT2D eigenvalue weighted by Gasteiger charge is -2.29. The van der Waals surface area contributed by atoms with Gasteiger partial charge in [-0.05, 0) is 68.2 Å². The number of esters is 1. The highest BCUT2D eigenvalue weighted by Gasteiger charge is 2.22. The lowest BCUT2D eigenvalue weighted by Crippen LogP contribution is -2.37. The van der Waals surface area contributed by atoms with Gasteiger partial charge in [-0.3, -0.25) is 19.5 Å². The highest BCUT2D eigenvalue weighted by molar-refractivity contribution is 9.10. The Morgan fingerprint density at radius 1 is 1.44 bits per heavy atom. The van der Waals surface area contributed by atoms with Crippen molar-refractivity contribution in [3.63, 3.8) is 0 Å². The molecule has 1 rings (SSSR count). The fourth-order valence-electron chi connectivity index (χ4n) is 2.76. The lowest BCUT2D eigenvalue weighted by molar-refractivity contribution is -0.155. The number of nitrogens with zero attached hydrogens (tertiary/aromatic N) is 2. The van der Waals surface area contributed by atoms with Gasteiger partial charge in [0.15, 0.2) is 6.29 Å². The summed E-state index contributed by atoms with van der Waals surface area (Å²) in [6.07, 6.45) is 5.90. The Morgan fingerprint density at radius 3 is 2.67 bits per heavy atom. The highest BCUT2D eigenvalue weighted by atomic mass is 79.9. The number of hydrogen-bond acceptors (Lipinski definition) is 6. The van der Waals surface area contributed by atoms with Gasteiger partial charge in [0.25, 0.3) is 0 Å². The largest absolute Gasteiger partial charge is 0.460 e. The molecular formula is C20H30BrN3O3. The van der Waals surface area contributed by atoms with Crippen LogP contribution in [-0.2, 0) is 16.1 Å². The van der Waals surface area contributed by atoms with Crippen molar-refractivity contribution in [2.45, 2.75) is 65.1 Å². The summed E-state index contributed by atoms with van der Waals surface area (Å²) in [6, 6.07) is 1.73. The fraction of sp³-hybridized carbons (Fsp3) is 0.550. The quantitative estimate of drug-likeness (QED) is 0.464. The van der Waals surface area contributed by atoms with Crippen LogP contribution in [0.15, 0.2) is 28.5 Å². The maximum Gasteiger partial charge on any atom is 0.306 e. The summed E-state index contributed by atoms with van der Waals surface area (Å²) >= 11 is 3.39. The molecule has 0 aliphatic heterocycles. The van der Waals surface area contributed by atoms with Crippen LogP contribution >= 0.6 is 15.9 Å². The second-order valence-electron chi connectivity index (χ2n) is 7.48. The minimum Gasteiger partial charge on any atom is -0.460 e. The van der Waals surface area contributed by atoms with Gasteiger partial charge in [0.1, 0.15) is 11.3 Å². The number of carbonyl (C=O) groups excluding carboxylic acids is 2. The van der Waals surface area contributed by atoms with Crippen LogP contribution in [0.2, 0.25) is 0 Å². The van der Waals surface area contributed by atoms with E-state index >= 15 is 0 Å². The van der Waals surface area contributed by atoms with Crippen LogP contribution in [0.5, 0.6) is 0 Å². The third-order valence-corrected chi connectivity index (χ3v) is 4.33. The van der Waals surface area contributed by atoms with E-state index < -0.39 is 5.60 Å². The molecule has 0 fully saturated rings. The van der Waals surface area contributed by atoms with Gasteiger partial charge >= 0.3 is 5.97 Å². The Labute approximate surface area is 170 Å². The van der Waals surface area contributed by atoms with E-state index in [9.17, 15) is 9.59 Å². The molecule has 0 amide bonds. The number of likely N-dealkylation sites (N-methyl/N-ethyl adjacent to an activating group) is 1. The van der Waals surface area contributed by atoms with Gasteiger partial charge in [0.2, 0.25) is 0 Å². The molecule has 1 atom stereocenters. The van der Waals surface area contributed by atoms with Crippen molar-refractivity contribution < 1.29 is 14.3 Å². The molecule has 0 saturated carbocycles. The number of hydrogen-bond donors (Lipinski definition) is 1. The number of nitrogens with two attached hydrogens (primary N) is 1. The van der Waals surface area contributed by atoms with Gasteiger partial charge in [-0.1, -0.05) is 13.0 Å². The van der Waals surface area contributed by atoms with E-state index in [-0.39, 0.29) is 18.4 Å². The molecule has 0 aromatic carbocycles. The molecule has 1 aromatic rings. The van der Waals surface area contributed by atoms with Crippen LogP contribution in [0.1, 0.15) is 63.0 Å². The van der Waals surface area contributed by atoms with Crippen LogP contribution in [0, 0.1) is 0 Å². The predicted octanol–water partition coefficient (Wildman–Crippen LogP) is 3.83. The minimum absolute atomic E-state index is 0.143. The summed E-state index contributed by atoms with van der Waals surface area (Å²) in [4.78, 5) is 29.6. The molecule has 1 aromatic heterocycles. The van der Waals surface area contributed by atoms with Gasteiger partial charge in [-0.25, -0.2) is 0 Å². The van der Waals surface area contributed by atoms with Crippen LogP contribution in [0.4, 0.5) is 0 Å². The van der Waals surface area contributed by atoms with E-state index in [2.05, 4.69) is 20.9 Å². The van der Waals surface area contributed by atoms with Gasteiger partial charge in [0, 0.05) is 35.4 Å². The summed E-state index contributed by atoms with van der Waals surface area (Å²) in [5.41, 5.74) is 7.66. The molecule has 0 saturated heterocycles. The summed E-state index contributed by atoms with van der Waals surface area (Å²) in [6.45, 7) is 8.04. The second-order valence-corrected chi connectivity index (χ2v) is 8.40. The van der Waals surface area contributed by atoms with Crippen LogP contribution in [0.25, 0.3) is 0 Å². The third kappa shape index (κ3) is 8.22. The van der Waals surface area contributed by atoms with Gasteiger partial charge < -0.3 is 10.5 Å². The Bertz CT molecular complexity index is 684. The first-order valence-electron chi connectivity index (χ1n) is 9.04. The maximum atomic E-state index is 12.1. The van der Waals surface area contributed by atoms with Crippen molar-refractivity contribution in [3.05, 3.63) is 39.8 Å². The molecular weight excluding hydrogens is 410 g/mol. The number of carbonyl (C=O) groups is 2. The molecule has 6 nitrogen and oxygen atoms in total. The van der Waals surface area contributed by atoms with Crippen LogP contribution in [-0.4, -0.2) is 40.8 Å². The molecule has 1 heterocycles. The van der Waals surface area contributed by atoms with E-state index in [1.165, 1.54) is 0 Å². The maximum absolute atomic E-state index is 12.1. The average Bonchev–Trinajstić information content (AvgIpc) is 2.53. The Kier molecular flexibility index (Phi) is 9.12. The normalized spacial score (nSPS) is 13.5. The number of aromatic nitrogens is 1. The molecule has 150 valence electrons. The van der Waals surface area contributed by atoms with E-state index in [1.54, 1.807) is 6.20 Å². The molecule has 0 radical (unpaired) electrons. The topological polar surface area (TPSA) is 85.5 Å². The Balaban J connectivity index is 2.93.